The van der Waals surface area contributed by atoms with Crippen LogP contribution in [-0.2, 0) is 88.9 Å². The largest absolute Gasteiger partial charge is 0.344 e. The molecule has 0 radical (unpaired) electrons. The highest BCUT2D eigenvalue weighted by Gasteiger charge is 2.29. The van der Waals surface area contributed by atoms with Crippen LogP contribution in [0.5, 0.6) is 0 Å². The lowest BCUT2D eigenvalue weighted by molar-refractivity contribution is 0.101. The number of aromatic nitrogens is 4. The van der Waals surface area contributed by atoms with Gasteiger partial charge in [0.05, 0.1) is 32.3 Å². The van der Waals surface area contributed by atoms with Gasteiger partial charge in [0.25, 0.3) is 84.3 Å². The number of carbonyl (C=O) groups excluding carboxylic acids is 5. The van der Waals surface area contributed by atoms with Crippen molar-refractivity contribution >= 4 is 146 Å². The average molecular weight is 1280 g/mol. The van der Waals surface area contributed by atoms with Crippen LogP contribution in [0.1, 0.15) is 41.6 Å². The Labute approximate surface area is 473 Å². The topological polar surface area (TPSA) is 503 Å². The molecule has 84 heavy (non-hydrogen) atoms. The van der Waals surface area contributed by atoms with E-state index in [2.05, 4.69) is 31.9 Å². The molecule has 0 aliphatic heterocycles. The summed E-state index contributed by atoms with van der Waals surface area (Å²) < 4.78 is 210. The van der Waals surface area contributed by atoms with E-state index in [1.54, 1.807) is 0 Å². The van der Waals surface area contributed by atoms with Crippen molar-refractivity contribution in [1.82, 2.24) is 18.3 Å². The van der Waals surface area contributed by atoms with Gasteiger partial charge in [-0.25, -0.2) is 4.79 Å². The predicted octanol–water partition coefficient (Wildman–Crippen LogP) is 3.48. The van der Waals surface area contributed by atoms with Gasteiger partial charge in [0, 0.05) is 91.8 Å². The Balaban J connectivity index is 0.913. The zero-order valence-electron chi connectivity index (χ0n) is 42.6. The summed E-state index contributed by atoms with van der Waals surface area (Å²) in [6, 6.07) is 8.60. The van der Waals surface area contributed by atoms with E-state index < -0.39 is 153 Å². The summed E-state index contributed by atoms with van der Waals surface area (Å²) in [5.74, 6) is -3.44. The Morgan fingerprint density at radius 1 is 0.321 bits per heavy atom. The Morgan fingerprint density at radius 3 is 1.17 bits per heavy atom. The predicted molar refractivity (Wildman–Crippen MR) is 293 cm³/mol. The maximum Gasteiger partial charge on any atom is 0.325 e. The number of benzene rings is 4. The number of hydrogen-bond donors (Lipinski definition) is 12. The fourth-order valence-corrected chi connectivity index (χ4v) is 12.5. The van der Waals surface area contributed by atoms with Gasteiger partial charge in [-0.15, -0.1) is 0 Å². The molecule has 8 aromatic rings. The van der Waals surface area contributed by atoms with Crippen LogP contribution < -0.4 is 31.9 Å². The van der Waals surface area contributed by atoms with Crippen LogP contribution in [0.2, 0.25) is 0 Å². The fraction of sp³-hybridized carbons (Fsp3) is 0.0889. The quantitative estimate of drug-likeness (QED) is 0.0616. The summed E-state index contributed by atoms with van der Waals surface area (Å²) in [7, 11) is -26.0. The third-order valence-electron chi connectivity index (χ3n) is 12.2. The number of rotatable bonds is 16. The third kappa shape index (κ3) is 13.0. The second kappa shape index (κ2) is 21.4. The number of hydrogen-bond acceptors (Lipinski definition) is 17. The van der Waals surface area contributed by atoms with Crippen LogP contribution in [0.4, 0.5) is 39.3 Å². The number of amides is 6. The first kappa shape index (κ1) is 61.2. The smallest absolute Gasteiger partial charge is 0.325 e. The number of carbonyl (C=O) groups is 5. The van der Waals surface area contributed by atoms with Gasteiger partial charge in [0.15, 0.2) is 0 Å². The van der Waals surface area contributed by atoms with Crippen molar-refractivity contribution in [3.8, 4) is 0 Å². The molecular formula is C45H40N10O23S6. The normalized spacial score (nSPS) is 12.5. The minimum absolute atomic E-state index is 0.0116. The Morgan fingerprint density at radius 2 is 0.679 bits per heavy atom. The van der Waals surface area contributed by atoms with Crippen LogP contribution in [0, 0.1) is 0 Å². The van der Waals surface area contributed by atoms with Crippen LogP contribution >= 0.6 is 0 Å². The zero-order chi connectivity index (χ0) is 62.3. The molecule has 444 valence electrons. The second-order valence-corrected chi connectivity index (χ2v) is 26.5. The van der Waals surface area contributed by atoms with E-state index in [1.807, 2.05) is 0 Å². The SMILES string of the molecule is Cn1cc(NC(=O)c2cc(NC(=O)c3cc(S(=O)(=O)O)c4cc(S(=O)(=O)O)cc(S(=O)(=O)O)c4c3)cn2C)cc1NC(=O)Nc1cc(C(=O)Nc2cc(C(=O)Nc3cc(S(=O)(=O)O)c4cc(S(=O)(=O)O)cc(S(=O)(=O)O)c4c3)cn2C)cn1C. The minimum atomic E-state index is -5.38. The molecule has 4 aromatic heterocycles. The molecule has 0 spiro atoms. The lowest BCUT2D eigenvalue weighted by Crippen LogP contribution is -2.22. The Hall–Kier alpha value is -8.87. The van der Waals surface area contributed by atoms with Gasteiger partial charge in [-0.05, 0) is 66.7 Å². The molecule has 0 atom stereocenters. The standard InChI is InChI=1S/C45H40N10O23S6/c1-52-19-25(47-41(56)21-5-29-31(34(6-21)81(67,68)69)13-27(79(61,62)63)15-36(29)83(73,74)75)10-33(52)44(59)48-26-12-40(55(4)20-26)51-45(60)50-39-8-23(18-54(39)3)43(58)49-38-7-22(17-53(38)2)42(57)46-24-9-30-32(35(11-24)82(70,71)72)14-28(80(64,65)66)16-37(30)84(76,77)78/h5-20H,1-4H3,(H,46,57)(H,47,56)(H,48,59)(H,49,58)(H2,50,51,60)(H,61,62,63)(H,64,65,66)(H,67,68,69)(H,70,71,72)(H,73,74,75)(H,76,77,78). The van der Waals surface area contributed by atoms with Crippen LogP contribution in [-0.4, -0.2) is 126 Å². The second-order valence-electron chi connectivity index (χ2n) is 18.1. The van der Waals surface area contributed by atoms with Gasteiger partial charge >= 0.3 is 6.03 Å². The van der Waals surface area contributed by atoms with Crippen molar-refractivity contribution < 1.29 is 102 Å². The highest BCUT2D eigenvalue weighted by atomic mass is 32.2. The highest BCUT2D eigenvalue weighted by molar-refractivity contribution is 7.88. The molecule has 0 aliphatic rings. The zero-order valence-corrected chi connectivity index (χ0v) is 47.5. The molecule has 12 N–H and O–H groups in total. The fourth-order valence-electron chi connectivity index (χ4n) is 8.39. The molecule has 6 amide bonds. The number of anilines is 6. The van der Waals surface area contributed by atoms with Crippen molar-refractivity contribution in [2.24, 2.45) is 28.2 Å². The maximum atomic E-state index is 13.5. The van der Waals surface area contributed by atoms with E-state index in [9.17, 15) is 102 Å². The summed E-state index contributed by atoms with van der Waals surface area (Å²) in [5.41, 5.74) is -1.36. The molecule has 0 unspecified atom stereocenters. The molecule has 0 saturated carbocycles. The summed E-state index contributed by atoms with van der Waals surface area (Å²) in [5, 5.41) is 11.9. The molecule has 39 heteroatoms. The average Bonchev–Trinajstić information content (AvgIpc) is 4.21. The molecular weight excluding hydrogens is 1240 g/mol. The van der Waals surface area contributed by atoms with Crippen molar-refractivity contribution in [2.75, 3.05) is 31.9 Å². The molecule has 0 fully saturated rings. The van der Waals surface area contributed by atoms with E-state index >= 15 is 0 Å². The van der Waals surface area contributed by atoms with Gasteiger partial charge < -0.3 is 39.5 Å². The van der Waals surface area contributed by atoms with Crippen LogP contribution in [0.3, 0.4) is 0 Å². The van der Waals surface area contributed by atoms with Gasteiger partial charge in [-0.3, -0.25) is 57.1 Å². The number of nitrogens with zero attached hydrogens (tertiary/aromatic N) is 4. The summed E-state index contributed by atoms with van der Waals surface area (Å²) in [6.07, 6.45) is 5.21. The summed E-state index contributed by atoms with van der Waals surface area (Å²) in [4.78, 5) is 60.0. The van der Waals surface area contributed by atoms with Gasteiger partial charge in [-0.2, -0.15) is 50.5 Å². The number of nitrogens with one attached hydrogen (secondary N) is 6. The Kier molecular flexibility index (Phi) is 15.6. The summed E-state index contributed by atoms with van der Waals surface area (Å²) >= 11 is 0. The van der Waals surface area contributed by atoms with Gasteiger partial charge in [0.1, 0.15) is 42.7 Å². The molecule has 0 saturated heterocycles. The lowest BCUT2D eigenvalue weighted by atomic mass is 10.1. The first-order valence-corrected chi connectivity index (χ1v) is 31.3. The highest BCUT2D eigenvalue weighted by Crippen LogP contribution is 2.36. The van der Waals surface area contributed by atoms with E-state index in [-0.39, 0.29) is 45.6 Å². The van der Waals surface area contributed by atoms with Crippen molar-refractivity contribution in [3.05, 3.63) is 120 Å². The molecule has 33 nitrogen and oxygen atoms in total. The van der Waals surface area contributed by atoms with Crippen molar-refractivity contribution in [3.63, 3.8) is 0 Å². The maximum absolute atomic E-state index is 13.5. The lowest BCUT2D eigenvalue weighted by Gasteiger charge is -2.13. The van der Waals surface area contributed by atoms with E-state index in [1.165, 1.54) is 95.5 Å². The number of urea groups is 1. The van der Waals surface area contributed by atoms with E-state index in [4.69, 9.17) is 0 Å². The molecule has 0 aliphatic carbocycles. The van der Waals surface area contributed by atoms with Gasteiger partial charge in [-0.1, -0.05) is 0 Å². The van der Waals surface area contributed by atoms with E-state index in [0.717, 1.165) is 12.1 Å². The number of aryl methyl sites for hydroxylation is 4. The van der Waals surface area contributed by atoms with Crippen molar-refractivity contribution in [2.45, 2.75) is 29.4 Å². The minimum Gasteiger partial charge on any atom is -0.344 e. The van der Waals surface area contributed by atoms with Gasteiger partial charge in [0.2, 0.25) is 0 Å². The Bertz CT molecular complexity index is 4950. The molecule has 4 aromatic carbocycles. The van der Waals surface area contributed by atoms with E-state index in [0.29, 0.717) is 36.4 Å². The molecule has 4 heterocycles. The monoisotopic (exact) mass is 1280 g/mol. The van der Waals surface area contributed by atoms with Crippen molar-refractivity contribution in [1.29, 1.82) is 0 Å². The molecule has 8 rings (SSSR count). The first-order valence-electron chi connectivity index (χ1n) is 22.6. The third-order valence-corrected chi connectivity index (χ3v) is 17.4. The van der Waals surface area contributed by atoms with Crippen LogP contribution in [0.25, 0.3) is 21.5 Å². The first-order chi connectivity index (χ1) is 38.6. The van der Waals surface area contributed by atoms with Crippen LogP contribution in [0.15, 0.2) is 127 Å². The molecule has 0 bridgehead atoms. The summed E-state index contributed by atoms with van der Waals surface area (Å²) in [6.45, 7) is 0. The number of fused-ring (bicyclic) bond motifs is 2.